The van der Waals surface area contributed by atoms with Gasteiger partial charge < -0.3 is 5.11 Å². The third-order valence-electron chi connectivity index (χ3n) is 4.75. The molecule has 1 aliphatic carbocycles. The Morgan fingerprint density at radius 2 is 1.67 bits per heavy atom. The van der Waals surface area contributed by atoms with Gasteiger partial charge in [0.15, 0.2) is 0 Å². The van der Waals surface area contributed by atoms with Crippen LogP contribution in [0.3, 0.4) is 0 Å². The van der Waals surface area contributed by atoms with E-state index in [1.807, 2.05) is 0 Å². The van der Waals surface area contributed by atoms with Gasteiger partial charge >= 0.3 is 0 Å². The molecule has 0 saturated heterocycles. The Hall–Kier alpha value is -0.0400. The van der Waals surface area contributed by atoms with Crippen molar-refractivity contribution in [1.29, 1.82) is 0 Å². The highest BCUT2D eigenvalue weighted by molar-refractivity contribution is 4.84. The zero-order valence-electron chi connectivity index (χ0n) is 10.9. The first kappa shape index (κ1) is 13.0. The fourth-order valence-corrected chi connectivity index (χ4v) is 2.91. The van der Waals surface area contributed by atoms with E-state index in [1.54, 1.807) is 0 Å². The van der Waals surface area contributed by atoms with Crippen molar-refractivity contribution in [2.24, 2.45) is 17.3 Å². The van der Waals surface area contributed by atoms with Crippen molar-refractivity contribution in [3.63, 3.8) is 0 Å². The second-order valence-corrected chi connectivity index (χ2v) is 5.93. The highest BCUT2D eigenvalue weighted by atomic mass is 16.3. The molecule has 0 aromatic rings. The van der Waals surface area contributed by atoms with Gasteiger partial charge in [0.1, 0.15) is 0 Å². The molecule has 1 fully saturated rings. The molecule has 90 valence electrons. The van der Waals surface area contributed by atoms with Gasteiger partial charge in [-0.2, -0.15) is 0 Å². The van der Waals surface area contributed by atoms with Gasteiger partial charge in [0.25, 0.3) is 0 Å². The number of hydrogen-bond donors (Lipinski definition) is 1. The Labute approximate surface area is 95.3 Å². The van der Waals surface area contributed by atoms with Crippen LogP contribution in [0.25, 0.3) is 0 Å². The molecule has 0 aromatic carbocycles. The average molecular weight is 212 g/mol. The summed E-state index contributed by atoms with van der Waals surface area (Å²) in [5, 5.41) is 9.83. The number of hydrogen-bond acceptors (Lipinski definition) is 1. The van der Waals surface area contributed by atoms with Crippen molar-refractivity contribution < 1.29 is 5.11 Å². The van der Waals surface area contributed by atoms with E-state index >= 15 is 0 Å². The van der Waals surface area contributed by atoms with Crippen LogP contribution >= 0.6 is 0 Å². The quantitative estimate of drug-likeness (QED) is 0.747. The van der Waals surface area contributed by atoms with Crippen molar-refractivity contribution in [3.8, 4) is 0 Å². The van der Waals surface area contributed by atoms with Crippen LogP contribution in [0.2, 0.25) is 0 Å². The third-order valence-corrected chi connectivity index (χ3v) is 4.75. The Bertz CT molecular complexity index is 178. The van der Waals surface area contributed by atoms with Crippen molar-refractivity contribution in [3.05, 3.63) is 0 Å². The smallest absolute Gasteiger partial charge is 0.0565 e. The SMILES string of the molecule is CCC(O)C1CCC(C(C)(C)CC)CC1. The summed E-state index contributed by atoms with van der Waals surface area (Å²) in [5.41, 5.74) is 0.502. The summed E-state index contributed by atoms with van der Waals surface area (Å²) in [6.07, 6.45) is 7.28. The second-order valence-electron chi connectivity index (χ2n) is 5.93. The molecule has 1 heteroatoms. The van der Waals surface area contributed by atoms with Crippen molar-refractivity contribution >= 4 is 0 Å². The Morgan fingerprint density at radius 3 is 2.07 bits per heavy atom. The van der Waals surface area contributed by atoms with Gasteiger partial charge in [-0.3, -0.25) is 0 Å². The first-order valence-corrected chi connectivity index (χ1v) is 6.69. The molecule has 1 N–H and O–H groups in total. The lowest BCUT2D eigenvalue weighted by Gasteiger charge is -2.39. The molecule has 0 spiro atoms. The van der Waals surface area contributed by atoms with Crippen molar-refractivity contribution in [2.75, 3.05) is 0 Å². The second kappa shape index (κ2) is 5.34. The maximum absolute atomic E-state index is 9.83. The molecule has 0 amide bonds. The summed E-state index contributed by atoms with van der Waals surface area (Å²) in [7, 11) is 0. The molecule has 0 aliphatic heterocycles. The molecule has 1 aliphatic rings. The molecular weight excluding hydrogens is 184 g/mol. The molecule has 1 rings (SSSR count). The Morgan fingerprint density at radius 1 is 1.13 bits per heavy atom. The molecule has 15 heavy (non-hydrogen) atoms. The van der Waals surface area contributed by atoms with E-state index in [4.69, 9.17) is 0 Å². The summed E-state index contributed by atoms with van der Waals surface area (Å²) >= 11 is 0. The standard InChI is InChI=1S/C14H28O/c1-5-13(15)11-7-9-12(10-8-11)14(3,4)6-2/h11-13,15H,5-10H2,1-4H3. The van der Waals surface area contributed by atoms with E-state index in [-0.39, 0.29) is 6.10 Å². The van der Waals surface area contributed by atoms with Crippen molar-refractivity contribution in [1.82, 2.24) is 0 Å². The summed E-state index contributed by atoms with van der Waals surface area (Å²) in [6, 6.07) is 0. The molecule has 0 aromatic heterocycles. The van der Waals surface area contributed by atoms with Gasteiger partial charge in [0.2, 0.25) is 0 Å². The maximum atomic E-state index is 9.83. The van der Waals surface area contributed by atoms with Crippen LogP contribution in [0.5, 0.6) is 0 Å². The van der Waals surface area contributed by atoms with Crippen LogP contribution < -0.4 is 0 Å². The van der Waals surface area contributed by atoms with Gasteiger partial charge in [0, 0.05) is 0 Å². The lowest BCUT2D eigenvalue weighted by Crippen LogP contribution is -2.31. The zero-order chi connectivity index (χ0) is 11.5. The Balaban J connectivity index is 2.42. The minimum atomic E-state index is -0.0457. The molecule has 1 saturated carbocycles. The maximum Gasteiger partial charge on any atom is 0.0565 e. The highest BCUT2D eigenvalue weighted by Gasteiger charge is 2.33. The van der Waals surface area contributed by atoms with Crippen LogP contribution in [-0.4, -0.2) is 11.2 Å². The van der Waals surface area contributed by atoms with Crippen molar-refractivity contribution in [2.45, 2.75) is 72.3 Å². The fourth-order valence-electron chi connectivity index (χ4n) is 2.91. The van der Waals surface area contributed by atoms with Gasteiger partial charge in [-0.1, -0.05) is 34.1 Å². The monoisotopic (exact) mass is 212 g/mol. The highest BCUT2D eigenvalue weighted by Crippen LogP contribution is 2.42. The van der Waals surface area contributed by atoms with Gasteiger partial charge in [-0.05, 0) is 49.4 Å². The normalized spacial score (nSPS) is 30.2. The summed E-state index contributed by atoms with van der Waals surface area (Å²) in [5.74, 6) is 1.46. The van der Waals surface area contributed by atoms with E-state index in [2.05, 4.69) is 27.7 Å². The van der Waals surface area contributed by atoms with Crippen LogP contribution in [0, 0.1) is 17.3 Å². The lowest BCUT2D eigenvalue weighted by atomic mass is 9.67. The molecule has 0 radical (unpaired) electrons. The minimum Gasteiger partial charge on any atom is -0.393 e. The van der Waals surface area contributed by atoms with E-state index in [9.17, 15) is 5.11 Å². The average Bonchev–Trinajstić information content (AvgIpc) is 2.28. The van der Waals surface area contributed by atoms with Gasteiger partial charge in [-0.15, -0.1) is 0 Å². The predicted molar refractivity (Wildman–Crippen MR) is 65.8 cm³/mol. The molecule has 1 nitrogen and oxygen atoms in total. The topological polar surface area (TPSA) is 20.2 Å². The number of aliphatic hydroxyl groups excluding tert-OH is 1. The van der Waals surface area contributed by atoms with E-state index in [0.717, 1.165) is 12.3 Å². The zero-order valence-corrected chi connectivity index (χ0v) is 10.9. The van der Waals surface area contributed by atoms with Crippen LogP contribution in [-0.2, 0) is 0 Å². The van der Waals surface area contributed by atoms with Crippen LogP contribution in [0.1, 0.15) is 66.2 Å². The van der Waals surface area contributed by atoms with Gasteiger partial charge in [0.05, 0.1) is 6.10 Å². The summed E-state index contributed by atoms with van der Waals surface area (Å²) < 4.78 is 0. The third kappa shape index (κ3) is 3.21. The first-order chi connectivity index (χ1) is 7.01. The van der Waals surface area contributed by atoms with Gasteiger partial charge in [-0.25, -0.2) is 0 Å². The fraction of sp³-hybridized carbons (Fsp3) is 1.00. The van der Waals surface area contributed by atoms with E-state index < -0.39 is 0 Å². The first-order valence-electron chi connectivity index (χ1n) is 6.69. The number of aliphatic hydroxyl groups is 1. The molecule has 1 atom stereocenters. The van der Waals surface area contributed by atoms with E-state index in [1.165, 1.54) is 32.1 Å². The molecule has 0 bridgehead atoms. The molecule has 0 heterocycles. The largest absolute Gasteiger partial charge is 0.393 e. The molecular formula is C14H28O. The predicted octanol–water partition coefficient (Wildman–Crippen LogP) is 4.00. The van der Waals surface area contributed by atoms with E-state index in [0.29, 0.717) is 11.3 Å². The van der Waals surface area contributed by atoms with Crippen LogP contribution in [0.15, 0.2) is 0 Å². The van der Waals surface area contributed by atoms with Crippen LogP contribution in [0.4, 0.5) is 0 Å². The minimum absolute atomic E-state index is 0.0457. The molecule has 1 unspecified atom stereocenters. The lowest BCUT2D eigenvalue weighted by molar-refractivity contribution is 0.0461. The summed E-state index contributed by atoms with van der Waals surface area (Å²) in [4.78, 5) is 0. The Kier molecular flexibility index (Phi) is 4.64. The summed E-state index contributed by atoms with van der Waals surface area (Å²) in [6.45, 7) is 9.18. The number of rotatable bonds is 4.